The summed E-state index contributed by atoms with van der Waals surface area (Å²) in [5.74, 6) is -2.13. The number of methoxy groups -OCH3 is 1. The lowest BCUT2D eigenvalue weighted by atomic mass is 9.99. The number of amides is 2. The first-order chi connectivity index (χ1) is 11.4. The maximum absolute atomic E-state index is 12.7. The lowest BCUT2D eigenvalue weighted by Crippen LogP contribution is -2.36. The summed E-state index contributed by atoms with van der Waals surface area (Å²) in [6.07, 6.45) is -0.346. The minimum Gasteiger partial charge on any atom is -0.497 e. The number of nitrogens with one attached hydrogen (secondary N) is 1. The summed E-state index contributed by atoms with van der Waals surface area (Å²) in [7, 11) is 1.50. The molecule has 1 N–H and O–H groups in total. The molecule has 0 radical (unpaired) electrons. The van der Waals surface area contributed by atoms with E-state index in [1.54, 1.807) is 38.1 Å². The van der Waals surface area contributed by atoms with Gasteiger partial charge in [-0.2, -0.15) is 5.10 Å². The van der Waals surface area contributed by atoms with Crippen LogP contribution in [-0.2, 0) is 19.1 Å². The first-order valence-corrected chi connectivity index (χ1v) is 7.50. The zero-order valence-corrected chi connectivity index (χ0v) is 13.5. The second-order valence-corrected chi connectivity index (χ2v) is 5.75. The van der Waals surface area contributed by atoms with Gasteiger partial charge in [0.1, 0.15) is 17.7 Å². The lowest BCUT2D eigenvalue weighted by molar-refractivity contribution is -0.139. The largest absolute Gasteiger partial charge is 0.497 e. The monoisotopic (exact) mass is 331 g/mol. The molecule has 8 nitrogen and oxygen atoms in total. The maximum atomic E-state index is 12.7. The second-order valence-electron chi connectivity index (χ2n) is 5.75. The number of hydrogen-bond acceptors (Lipinski definition) is 7. The Morgan fingerprint density at radius 1 is 1.29 bits per heavy atom. The number of carbonyl (C=O) groups excluding carboxylic acids is 3. The quantitative estimate of drug-likeness (QED) is 0.636. The van der Waals surface area contributed by atoms with E-state index in [0.717, 1.165) is 4.90 Å². The van der Waals surface area contributed by atoms with Crippen molar-refractivity contribution in [2.75, 3.05) is 12.0 Å². The van der Waals surface area contributed by atoms with Gasteiger partial charge in [0.2, 0.25) is 5.91 Å². The molecule has 2 heterocycles. The van der Waals surface area contributed by atoms with Crippen LogP contribution in [0.4, 0.5) is 5.69 Å². The van der Waals surface area contributed by atoms with Crippen LogP contribution < -0.4 is 15.1 Å². The Bertz CT molecular complexity index is 743. The molecule has 1 fully saturated rings. The SMILES string of the molecule is COc1cccc(N2C(=O)[C@@H]3C(C(=O)OC(C)C)=NN[C@@H]3C2=O)c1. The highest BCUT2D eigenvalue weighted by Crippen LogP contribution is 2.32. The number of anilines is 1. The lowest BCUT2D eigenvalue weighted by Gasteiger charge is -2.16. The maximum Gasteiger partial charge on any atom is 0.355 e. The average molecular weight is 331 g/mol. The van der Waals surface area contributed by atoms with Crippen LogP contribution in [0, 0.1) is 5.92 Å². The van der Waals surface area contributed by atoms with Gasteiger partial charge in [-0.15, -0.1) is 0 Å². The van der Waals surface area contributed by atoms with E-state index in [4.69, 9.17) is 9.47 Å². The van der Waals surface area contributed by atoms with E-state index in [2.05, 4.69) is 10.5 Å². The molecule has 8 heteroatoms. The normalized spacial score (nSPS) is 22.3. The van der Waals surface area contributed by atoms with Crippen LogP contribution in [-0.4, -0.2) is 42.8 Å². The van der Waals surface area contributed by atoms with Crippen molar-refractivity contribution in [2.24, 2.45) is 11.0 Å². The molecule has 24 heavy (non-hydrogen) atoms. The number of esters is 1. The molecule has 2 atom stereocenters. The third-order valence-electron chi connectivity index (χ3n) is 3.79. The Morgan fingerprint density at radius 3 is 2.71 bits per heavy atom. The van der Waals surface area contributed by atoms with Crippen LogP contribution in [0.5, 0.6) is 5.75 Å². The summed E-state index contributed by atoms with van der Waals surface area (Å²) >= 11 is 0. The molecule has 1 aromatic carbocycles. The van der Waals surface area contributed by atoms with E-state index >= 15 is 0 Å². The topological polar surface area (TPSA) is 97.3 Å². The number of nitrogens with zero attached hydrogens (tertiary/aromatic N) is 2. The molecule has 3 rings (SSSR count). The molecule has 2 amide bonds. The average Bonchev–Trinajstić information content (AvgIpc) is 3.08. The van der Waals surface area contributed by atoms with Crippen molar-refractivity contribution < 1.29 is 23.9 Å². The summed E-state index contributed by atoms with van der Waals surface area (Å²) < 4.78 is 10.2. The van der Waals surface area contributed by atoms with Crippen molar-refractivity contribution in [3.8, 4) is 5.75 Å². The fraction of sp³-hybridized carbons (Fsp3) is 0.375. The number of benzene rings is 1. The first-order valence-electron chi connectivity index (χ1n) is 7.50. The van der Waals surface area contributed by atoms with Crippen LogP contribution in [0.1, 0.15) is 13.8 Å². The highest BCUT2D eigenvalue weighted by Gasteiger charge is 2.55. The smallest absolute Gasteiger partial charge is 0.355 e. The van der Waals surface area contributed by atoms with Crippen LogP contribution in [0.15, 0.2) is 29.4 Å². The molecule has 126 valence electrons. The van der Waals surface area contributed by atoms with E-state index in [9.17, 15) is 14.4 Å². The molecule has 1 aromatic rings. The minimum atomic E-state index is -0.977. The number of ether oxygens (including phenoxy) is 2. The first kappa shape index (κ1) is 16.0. The molecule has 0 unspecified atom stereocenters. The number of hydrogen-bond donors (Lipinski definition) is 1. The van der Waals surface area contributed by atoms with Gasteiger partial charge in [-0.3, -0.25) is 15.0 Å². The minimum absolute atomic E-state index is 0.0718. The van der Waals surface area contributed by atoms with Gasteiger partial charge in [-0.25, -0.2) is 9.69 Å². The van der Waals surface area contributed by atoms with Crippen LogP contribution in [0.3, 0.4) is 0 Å². The molecular weight excluding hydrogens is 314 g/mol. The van der Waals surface area contributed by atoms with E-state index in [1.807, 2.05) is 0 Å². The van der Waals surface area contributed by atoms with E-state index in [0.29, 0.717) is 11.4 Å². The fourth-order valence-electron chi connectivity index (χ4n) is 2.74. The molecule has 1 saturated heterocycles. The van der Waals surface area contributed by atoms with Crippen molar-refractivity contribution >= 4 is 29.2 Å². The molecule has 0 aromatic heterocycles. The summed E-state index contributed by atoms with van der Waals surface area (Å²) in [5, 5.41) is 3.83. The molecule has 0 spiro atoms. The van der Waals surface area contributed by atoms with Gasteiger partial charge in [0, 0.05) is 6.07 Å². The number of carbonyl (C=O) groups is 3. The number of hydrazone groups is 1. The Morgan fingerprint density at radius 2 is 2.04 bits per heavy atom. The van der Waals surface area contributed by atoms with Gasteiger partial charge in [-0.1, -0.05) is 6.07 Å². The summed E-state index contributed by atoms with van der Waals surface area (Å²) in [5.41, 5.74) is 2.89. The van der Waals surface area contributed by atoms with Gasteiger partial charge < -0.3 is 9.47 Å². The van der Waals surface area contributed by atoms with Crippen LogP contribution >= 0.6 is 0 Å². The zero-order chi connectivity index (χ0) is 17.4. The van der Waals surface area contributed by atoms with Crippen LogP contribution in [0.2, 0.25) is 0 Å². The molecule has 0 bridgehead atoms. The Labute approximate surface area is 138 Å². The van der Waals surface area contributed by atoms with Gasteiger partial charge in [0.15, 0.2) is 5.71 Å². The van der Waals surface area contributed by atoms with Crippen molar-refractivity contribution in [3.05, 3.63) is 24.3 Å². The van der Waals surface area contributed by atoms with Gasteiger partial charge in [0.05, 0.1) is 18.9 Å². The van der Waals surface area contributed by atoms with Gasteiger partial charge >= 0.3 is 5.97 Å². The highest BCUT2D eigenvalue weighted by molar-refractivity contribution is 6.46. The van der Waals surface area contributed by atoms with E-state index < -0.39 is 29.7 Å². The summed E-state index contributed by atoms with van der Waals surface area (Å²) in [6, 6.07) is 5.71. The van der Waals surface area contributed by atoms with Gasteiger partial charge in [0.25, 0.3) is 5.91 Å². The van der Waals surface area contributed by atoms with Crippen molar-refractivity contribution in [1.29, 1.82) is 0 Å². The Kier molecular flexibility index (Phi) is 3.96. The third kappa shape index (κ3) is 2.49. The third-order valence-corrected chi connectivity index (χ3v) is 3.79. The van der Waals surface area contributed by atoms with Gasteiger partial charge in [-0.05, 0) is 26.0 Å². The predicted molar refractivity (Wildman–Crippen MR) is 84.6 cm³/mol. The van der Waals surface area contributed by atoms with Crippen molar-refractivity contribution in [3.63, 3.8) is 0 Å². The van der Waals surface area contributed by atoms with Crippen molar-refractivity contribution in [2.45, 2.75) is 26.0 Å². The fourth-order valence-corrected chi connectivity index (χ4v) is 2.74. The van der Waals surface area contributed by atoms with Crippen LogP contribution in [0.25, 0.3) is 0 Å². The number of imide groups is 1. The molecule has 2 aliphatic rings. The molecule has 0 saturated carbocycles. The van der Waals surface area contributed by atoms with E-state index in [1.165, 1.54) is 7.11 Å². The van der Waals surface area contributed by atoms with E-state index in [-0.39, 0.29) is 11.8 Å². The molecular formula is C16H17N3O5. The number of fused-ring (bicyclic) bond motifs is 1. The van der Waals surface area contributed by atoms with Crippen molar-refractivity contribution in [1.82, 2.24) is 5.43 Å². The summed E-state index contributed by atoms with van der Waals surface area (Å²) in [6.45, 7) is 3.39. The summed E-state index contributed by atoms with van der Waals surface area (Å²) in [4.78, 5) is 38.4. The predicted octanol–water partition coefficient (Wildman–Crippen LogP) is 0.464. The Balaban J connectivity index is 1.90. The Hall–Kier alpha value is -2.90. The molecule has 2 aliphatic heterocycles. The zero-order valence-electron chi connectivity index (χ0n) is 13.5. The molecule has 0 aliphatic carbocycles. The second kappa shape index (κ2) is 5.95. The highest BCUT2D eigenvalue weighted by atomic mass is 16.5. The standard InChI is InChI=1S/C16H17N3O5/c1-8(2)24-16(22)13-11-12(17-18-13)15(21)19(14(11)20)9-5-4-6-10(7-9)23-3/h4-8,11-12,17H,1-3H3/t11-,12-/m0/s1. The number of rotatable bonds is 4.